The van der Waals surface area contributed by atoms with Crippen molar-refractivity contribution in [3.63, 3.8) is 0 Å². The summed E-state index contributed by atoms with van der Waals surface area (Å²) in [6.07, 6.45) is 1.05. The molecule has 1 heterocycles. The minimum absolute atomic E-state index is 0.0661. The molecule has 2 amide bonds. The first-order valence-corrected chi connectivity index (χ1v) is 10.6. The number of amides is 2. The maximum absolute atomic E-state index is 13.9. The Morgan fingerprint density at radius 1 is 1.06 bits per heavy atom. The maximum atomic E-state index is 13.9. The lowest BCUT2D eigenvalue weighted by Crippen LogP contribution is -2.43. The molecule has 1 atom stereocenters. The van der Waals surface area contributed by atoms with Gasteiger partial charge in [-0.25, -0.2) is 8.78 Å². The molecule has 31 heavy (non-hydrogen) atoms. The Hall–Kier alpha value is -2.96. The van der Waals surface area contributed by atoms with Gasteiger partial charge in [0.05, 0.1) is 17.7 Å². The number of likely N-dealkylation sites (tertiary alicyclic amines) is 1. The fraction of sp³-hybridized carbons (Fsp3) is 0.417. The molecule has 0 radical (unpaired) electrons. The number of piperidine rings is 1. The molecule has 0 spiro atoms. The Balaban J connectivity index is 1.55. The van der Waals surface area contributed by atoms with Gasteiger partial charge in [-0.05, 0) is 63.4 Å². The molecule has 1 saturated heterocycles. The number of nitrogens with one attached hydrogen (secondary N) is 1. The van der Waals surface area contributed by atoms with Crippen molar-refractivity contribution in [1.29, 1.82) is 0 Å². The fourth-order valence-corrected chi connectivity index (χ4v) is 3.72. The van der Waals surface area contributed by atoms with Crippen LogP contribution in [0.25, 0.3) is 0 Å². The molecule has 2 aromatic carbocycles. The average Bonchev–Trinajstić information content (AvgIpc) is 2.73. The van der Waals surface area contributed by atoms with Crippen molar-refractivity contribution in [3.05, 3.63) is 65.2 Å². The van der Waals surface area contributed by atoms with Crippen LogP contribution >= 0.6 is 0 Å². The molecule has 2 aromatic rings. The standard InChI is InChI=1S/C24H28F2N2O3/c1-15(2)31-20-6-4-5-18(13-20)16(3)27-23(29)17-9-11-28(12-10-17)24(30)21-8-7-19(25)14-22(21)26/h4-8,13-17H,9-12H2,1-3H3,(H,27,29). The second-order valence-electron chi connectivity index (χ2n) is 8.16. The Labute approximate surface area is 181 Å². The van der Waals surface area contributed by atoms with Crippen molar-refractivity contribution in [2.24, 2.45) is 5.92 Å². The molecule has 166 valence electrons. The Kier molecular flexibility index (Phi) is 7.25. The molecule has 3 rings (SSSR count). The molecule has 1 fully saturated rings. The van der Waals surface area contributed by atoms with E-state index in [1.54, 1.807) is 0 Å². The van der Waals surface area contributed by atoms with Crippen LogP contribution in [0.2, 0.25) is 0 Å². The van der Waals surface area contributed by atoms with E-state index in [0.29, 0.717) is 32.0 Å². The number of carbonyl (C=O) groups is 2. The summed E-state index contributed by atoms with van der Waals surface area (Å²) >= 11 is 0. The molecular formula is C24H28F2N2O3. The van der Waals surface area contributed by atoms with Crippen LogP contribution < -0.4 is 10.1 Å². The van der Waals surface area contributed by atoms with Gasteiger partial charge in [-0.2, -0.15) is 0 Å². The van der Waals surface area contributed by atoms with E-state index in [1.807, 2.05) is 45.0 Å². The first-order chi connectivity index (χ1) is 14.7. The number of hydrogen-bond donors (Lipinski definition) is 1. The van der Waals surface area contributed by atoms with Gasteiger partial charge < -0.3 is 15.0 Å². The van der Waals surface area contributed by atoms with Crippen LogP contribution in [0.5, 0.6) is 5.75 Å². The quantitative estimate of drug-likeness (QED) is 0.735. The molecule has 1 N–H and O–H groups in total. The number of carbonyl (C=O) groups excluding carboxylic acids is 2. The van der Waals surface area contributed by atoms with Crippen molar-refractivity contribution in [2.45, 2.75) is 45.8 Å². The molecule has 1 unspecified atom stereocenters. The molecule has 0 aliphatic carbocycles. The highest BCUT2D eigenvalue weighted by atomic mass is 19.1. The summed E-state index contributed by atoms with van der Waals surface area (Å²) < 4.78 is 32.7. The maximum Gasteiger partial charge on any atom is 0.256 e. The normalized spacial score (nSPS) is 15.6. The van der Waals surface area contributed by atoms with Gasteiger partial charge in [0, 0.05) is 25.1 Å². The highest BCUT2D eigenvalue weighted by Gasteiger charge is 2.29. The van der Waals surface area contributed by atoms with Crippen molar-refractivity contribution in [3.8, 4) is 5.75 Å². The van der Waals surface area contributed by atoms with Crippen LogP contribution in [0.4, 0.5) is 8.78 Å². The summed E-state index contributed by atoms with van der Waals surface area (Å²) in [4.78, 5) is 26.8. The van der Waals surface area contributed by atoms with E-state index < -0.39 is 17.5 Å². The van der Waals surface area contributed by atoms with Gasteiger partial charge >= 0.3 is 0 Å². The summed E-state index contributed by atoms with van der Waals surface area (Å²) in [7, 11) is 0. The van der Waals surface area contributed by atoms with E-state index in [9.17, 15) is 18.4 Å². The molecule has 7 heteroatoms. The second kappa shape index (κ2) is 9.90. The lowest BCUT2D eigenvalue weighted by Gasteiger charge is -2.32. The molecule has 1 aliphatic heterocycles. The fourth-order valence-electron chi connectivity index (χ4n) is 3.72. The lowest BCUT2D eigenvalue weighted by molar-refractivity contribution is -0.127. The van der Waals surface area contributed by atoms with Crippen LogP contribution in [-0.2, 0) is 4.79 Å². The number of ether oxygens (including phenoxy) is 1. The first-order valence-electron chi connectivity index (χ1n) is 10.6. The predicted molar refractivity (Wildman–Crippen MR) is 114 cm³/mol. The van der Waals surface area contributed by atoms with E-state index in [-0.39, 0.29) is 29.5 Å². The van der Waals surface area contributed by atoms with E-state index in [4.69, 9.17) is 4.74 Å². The lowest BCUT2D eigenvalue weighted by atomic mass is 9.94. The zero-order chi connectivity index (χ0) is 22.5. The third-order valence-electron chi connectivity index (χ3n) is 5.40. The van der Waals surface area contributed by atoms with Gasteiger partial charge in [-0.3, -0.25) is 9.59 Å². The van der Waals surface area contributed by atoms with Crippen molar-refractivity contribution >= 4 is 11.8 Å². The van der Waals surface area contributed by atoms with E-state index in [2.05, 4.69) is 5.32 Å². The van der Waals surface area contributed by atoms with Crippen LogP contribution in [0.15, 0.2) is 42.5 Å². The summed E-state index contributed by atoms with van der Waals surface area (Å²) in [6.45, 7) is 6.53. The monoisotopic (exact) mass is 430 g/mol. The average molecular weight is 430 g/mol. The molecule has 1 aliphatic rings. The first kappa shape index (κ1) is 22.7. The summed E-state index contributed by atoms with van der Waals surface area (Å²) in [5.74, 6) is -1.61. The van der Waals surface area contributed by atoms with Crippen LogP contribution in [0.1, 0.15) is 55.6 Å². The minimum atomic E-state index is -0.873. The van der Waals surface area contributed by atoms with Gasteiger partial charge in [-0.1, -0.05) is 12.1 Å². The van der Waals surface area contributed by atoms with Gasteiger partial charge in [0.25, 0.3) is 5.91 Å². The highest BCUT2D eigenvalue weighted by Crippen LogP contribution is 2.24. The second-order valence-corrected chi connectivity index (χ2v) is 8.16. The number of halogens is 2. The minimum Gasteiger partial charge on any atom is -0.491 e. The smallest absolute Gasteiger partial charge is 0.256 e. The Bertz CT molecular complexity index is 940. The molecule has 0 bridgehead atoms. The van der Waals surface area contributed by atoms with E-state index >= 15 is 0 Å². The largest absolute Gasteiger partial charge is 0.491 e. The van der Waals surface area contributed by atoms with Crippen LogP contribution in [-0.4, -0.2) is 35.9 Å². The highest BCUT2D eigenvalue weighted by molar-refractivity contribution is 5.94. The summed E-state index contributed by atoms with van der Waals surface area (Å²) in [5.41, 5.74) is 0.798. The molecule has 5 nitrogen and oxygen atoms in total. The van der Waals surface area contributed by atoms with Crippen LogP contribution in [0.3, 0.4) is 0 Å². The van der Waals surface area contributed by atoms with E-state index in [1.165, 1.54) is 4.90 Å². The van der Waals surface area contributed by atoms with Gasteiger partial charge in [0.1, 0.15) is 17.4 Å². The molecular weight excluding hydrogens is 402 g/mol. The molecule has 0 aromatic heterocycles. The number of nitrogens with zero attached hydrogens (tertiary/aromatic N) is 1. The summed E-state index contributed by atoms with van der Waals surface area (Å²) in [6, 6.07) is 10.4. The number of rotatable bonds is 6. The zero-order valence-electron chi connectivity index (χ0n) is 18.0. The SMILES string of the molecule is CC(C)Oc1cccc(C(C)NC(=O)C2CCN(C(=O)c3ccc(F)cc3F)CC2)c1. The Morgan fingerprint density at radius 3 is 2.42 bits per heavy atom. The summed E-state index contributed by atoms with van der Waals surface area (Å²) in [5, 5.41) is 3.04. The third-order valence-corrected chi connectivity index (χ3v) is 5.40. The molecule has 0 saturated carbocycles. The van der Waals surface area contributed by atoms with Crippen LogP contribution in [0, 0.1) is 17.6 Å². The van der Waals surface area contributed by atoms with Crippen molar-refractivity contribution < 1.29 is 23.1 Å². The number of benzene rings is 2. The topological polar surface area (TPSA) is 58.6 Å². The van der Waals surface area contributed by atoms with E-state index in [0.717, 1.165) is 23.4 Å². The predicted octanol–water partition coefficient (Wildman–Crippen LogP) is 4.48. The van der Waals surface area contributed by atoms with Gasteiger partial charge in [0.2, 0.25) is 5.91 Å². The van der Waals surface area contributed by atoms with Crippen molar-refractivity contribution in [2.75, 3.05) is 13.1 Å². The third kappa shape index (κ3) is 5.81. The Morgan fingerprint density at radius 2 is 1.77 bits per heavy atom. The van der Waals surface area contributed by atoms with Gasteiger partial charge in [0.15, 0.2) is 0 Å². The zero-order valence-corrected chi connectivity index (χ0v) is 18.0. The van der Waals surface area contributed by atoms with Gasteiger partial charge in [-0.15, -0.1) is 0 Å². The number of hydrogen-bond acceptors (Lipinski definition) is 3. The van der Waals surface area contributed by atoms with Crippen molar-refractivity contribution in [1.82, 2.24) is 10.2 Å².